The molecule has 0 atom stereocenters. The Morgan fingerprint density at radius 2 is 1.90 bits per heavy atom. The zero-order chi connectivity index (χ0) is 15.9. The highest BCUT2D eigenvalue weighted by Crippen LogP contribution is 2.35. The van der Waals surface area contributed by atoms with Crippen LogP contribution in [0.2, 0.25) is 0 Å². The van der Waals surface area contributed by atoms with Gasteiger partial charge in [-0.25, -0.2) is 0 Å². The van der Waals surface area contributed by atoms with Gasteiger partial charge in [0, 0.05) is 11.0 Å². The minimum Gasteiger partial charge on any atom is -0.486 e. The van der Waals surface area contributed by atoms with Gasteiger partial charge in [-0.15, -0.1) is 0 Å². The Morgan fingerprint density at radius 1 is 1.29 bits per heavy atom. The van der Waals surface area contributed by atoms with Gasteiger partial charge in [0.2, 0.25) is 0 Å². The second kappa shape index (κ2) is 8.27. The molecule has 0 heterocycles. The van der Waals surface area contributed by atoms with E-state index in [1.54, 1.807) is 25.1 Å². The first-order valence-electron chi connectivity index (χ1n) is 7.47. The predicted octanol–water partition coefficient (Wildman–Crippen LogP) is 4.80. The summed E-state index contributed by atoms with van der Waals surface area (Å²) in [4.78, 5) is 10.8. The van der Waals surface area contributed by atoms with Crippen LogP contribution < -0.4 is 4.74 Å². The molecular weight excluding hydrogens is 286 g/mol. The van der Waals surface area contributed by atoms with Gasteiger partial charge in [0.15, 0.2) is 5.75 Å². The second-order valence-corrected chi connectivity index (χ2v) is 5.94. The number of hydrogen-bond acceptors (Lipinski definition) is 4. The second-order valence-electron chi connectivity index (χ2n) is 5.63. The Morgan fingerprint density at radius 3 is 2.38 bits per heavy atom. The fourth-order valence-corrected chi connectivity index (χ4v) is 3.15. The minimum absolute atomic E-state index is 0.00970. The molecule has 0 bridgehead atoms. The van der Waals surface area contributed by atoms with Crippen LogP contribution in [0.3, 0.4) is 0 Å². The molecule has 118 valence electrons. The molecule has 0 saturated carbocycles. The van der Waals surface area contributed by atoms with Gasteiger partial charge < -0.3 is 4.74 Å². The number of benzene rings is 1. The number of aryl methyl sites for hydroxylation is 1. The number of para-hydroxylation sites is 1. The maximum atomic E-state index is 11.2. The van der Waals surface area contributed by atoms with E-state index in [9.17, 15) is 10.1 Å². The summed E-state index contributed by atoms with van der Waals surface area (Å²) in [5, 5.41) is 11.2. The van der Waals surface area contributed by atoms with E-state index in [1.165, 1.54) is 0 Å². The Balaban J connectivity index is 2.95. The molecule has 4 nitrogen and oxygen atoms in total. The maximum Gasteiger partial charge on any atom is 0.313 e. The van der Waals surface area contributed by atoms with Crippen molar-refractivity contribution in [3.8, 4) is 5.75 Å². The fourth-order valence-electron chi connectivity index (χ4n) is 2.75. The molecule has 5 heteroatoms. The molecule has 0 amide bonds. The summed E-state index contributed by atoms with van der Waals surface area (Å²) in [5.41, 5.74) is 0.683. The van der Waals surface area contributed by atoms with Crippen LogP contribution in [0.15, 0.2) is 18.2 Å². The molecule has 1 aromatic carbocycles. The van der Waals surface area contributed by atoms with Crippen molar-refractivity contribution in [3.63, 3.8) is 0 Å². The number of nitrogens with zero attached hydrogens (tertiary/aromatic N) is 1. The lowest BCUT2D eigenvalue weighted by molar-refractivity contribution is -0.386. The van der Waals surface area contributed by atoms with Crippen molar-refractivity contribution in [3.05, 3.63) is 33.9 Å². The van der Waals surface area contributed by atoms with Gasteiger partial charge >= 0.3 is 5.69 Å². The summed E-state index contributed by atoms with van der Waals surface area (Å²) in [5.74, 6) is 1.09. The Kier molecular flexibility index (Phi) is 7.02. The number of ether oxygens (including phenoxy) is 1. The highest BCUT2D eigenvalue weighted by atomic mass is 32.1. The van der Waals surface area contributed by atoms with Gasteiger partial charge in [-0.1, -0.05) is 38.8 Å². The lowest BCUT2D eigenvalue weighted by Crippen LogP contribution is -2.30. The summed E-state index contributed by atoms with van der Waals surface area (Å²) in [6.07, 6.45) is 4.15. The Hall–Kier alpha value is -1.23. The summed E-state index contributed by atoms with van der Waals surface area (Å²) in [7, 11) is 0. The van der Waals surface area contributed by atoms with Gasteiger partial charge in [-0.2, -0.15) is 12.6 Å². The quantitative estimate of drug-likeness (QED) is 0.405. The topological polar surface area (TPSA) is 52.4 Å². The summed E-state index contributed by atoms with van der Waals surface area (Å²) >= 11 is 4.49. The van der Waals surface area contributed by atoms with E-state index < -0.39 is 0 Å². The average molecular weight is 311 g/mol. The molecule has 0 radical (unpaired) electrons. The number of hydrogen-bond donors (Lipinski definition) is 1. The van der Waals surface area contributed by atoms with Gasteiger partial charge in [0.25, 0.3) is 0 Å². The molecule has 1 aromatic rings. The highest BCUT2D eigenvalue weighted by Gasteiger charge is 2.29. The lowest BCUT2D eigenvalue weighted by Gasteiger charge is -2.31. The third kappa shape index (κ3) is 4.63. The van der Waals surface area contributed by atoms with Crippen LogP contribution in [-0.4, -0.2) is 17.3 Å². The number of thiol groups is 1. The largest absolute Gasteiger partial charge is 0.486 e. The van der Waals surface area contributed by atoms with E-state index in [0.29, 0.717) is 17.9 Å². The van der Waals surface area contributed by atoms with E-state index in [0.717, 1.165) is 31.4 Å². The molecule has 1 rings (SSSR count). The van der Waals surface area contributed by atoms with Crippen LogP contribution in [0.25, 0.3) is 0 Å². The lowest BCUT2D eigenvalue weighted by atomic mass is 9.82. The normalized spacial score (nSPS) is 11.4. The molecule has 0 aliphatic carbocycles. The van der Waals surface area contributed by atoms with Crippen LogP contribution in [0.1, 0.15) is 45.1 Å². The van der Waals surface area contributed by atoms with Crippen molar-refractivity contribution in [1.82, 2.24) is 0 Å². The van der Waals surface area contributed by atoms with E-state index in [-0.39, 0.29) is 16.0 Å². The molecule has 0 spiro atoms. The Bertz CT molecular complexity index is 471. The average Bonchev–Trinajstić information content (AvgIpc) is 2.44. The van der Waals surface area contributed by atoms with Crippen molar-refractivity contribution in [2.45, 2.75) is 46.5 Å². The summed E-state index contributed by atoms with van der Waals surface area (Å²) < 4.78 is 5.85. The van der Waals surface area contributed by atoms with E-state index in [2.05, 4.69) is 26.5 Å². The summed E-state index contributed by atoms with van der Waals surface area (Å²) in [6.45, 7) is 6.49. The number of nitro benzene ring substituents is 1. The summed E-state index contributed by atoms with van der Waals surface area (Å²) in [6, 6.07) is 5.20. The van der Waals surface area contributed by atoms with E-state index >= 15 is 0 Å². The van der Waals surface area contributed by atoms with Gasteiger partial charge in [-0.3, -0.25) is 10.1 Å². The van der Waals surface area contributed by atoms with Crippen molar-refractivity contribution in [2.24, 2.45) is 5.41 Å². The van der Waals surface area contributed by atoms with Crippen LogP contribution in [0.4, 0.5) is 5.69 Å². The van der Waals surface area contributed by atoms with Crippen LogP contribution in [0, 0.1) is 22.5 Å². The monoisotopic (exact) mass is 311 g/mol. The zero-order valence-corrected chi connectivity index (χ0v) is 14.0. The smallest absolute Gasteiger partial charge is 0.313 e. The molecule has 0 aliphatic rings. The highest BCUT2D eigenvalue weighted by molar-refractivity contribution is 7.80. The molecule has 0 aliphatic heterocycles. The zero-order valence-electron chi connectivity index (χ0n) is 13.1. The standard InChI is InChI=1S/C16H25NO3S/c1-4-9-16(12-21,10-5-2)11-20-14-8-6-7-13(3)15(14)17(18)19/h6-8,21H,4-5,9-12H2,1-3H3. The van der Waals surface area contributed by atoms with Gasteiger partial charge in [0.1, 0.15) is 0 Å². The van der Waals surface area contributed by atoms with Gasteiger partial charge in [0.05, 0.1) is 11.5 Å². The first-order valence-corrected chi connectivity index (χ1v) is 8.10. The van der Waals surface area contributed by atoms with Gasteiger partial charge in [-0.05, 0) is 31.6 Å². The van der Waals surface area contributed by atoms with E-state index in [1.807, 2.05) is 0 Å². The fraction of sp³-hybridized carbons (Fsp3) is 0.625. The minimum atomic E-state index is -0.368. The third-order valence-corrected chi connectivity index (χ3v) is 4.48. The molecule has 0 saturated heterocycles. The molecule has 21 heavy (non-hydrogen) atoms. The van der Waals surface area contributed by atoms with Crippen LogP contribution in [0.5, 0.6) is 5.75 Å². The molecule has 0 N–H and O–H groups in total. The first-order chi connectivity index (χ1) is 9.99. The maximum absolute atomic E-state index is 11.2. The van der Waals surface area contributed by atoms with E-state index in [4.69, 9.17) is 4.74 Å². The molecule has 0 unspecified atom stereocenters. The first kappa shape index (κ1) is 17.8. The van der Waals surface area contributed by atoms with Crippen molar-refractivity contribution in [1.29, 1.82) is 0 Å². The predicted molar refractivity (Wildman–Crippen MR) is 89.4 cm³/mol. The van der Waals surface area contributed by atoms with Crippen LogP contribution in [-0.2, 0) is 0 Å². The van der Waals surface area contributed by atoms with Crippen LogP contribution >= 0.6 is 12.6 Å². The van der Waals surface area contributed by atoms with Crippen molar-refractivity contribution in [2.75, 3.05) is 12.4 Å². The SMILES string of the molecule is CCCC(CS)(CCC)COc1cccc(C)c1[N+](=O)[O-]. The number of rotatable bonds is 9. The van der Waals surface area contributed by atoms with Crippen molar-refractivity contribution >= 4 is 18.3 Å². The van der Waals surface area contributed by atoms with Crippen molar-refractivity contribution < 1.29 is 9.66 Å². The Labute approximate surface area is 132 Å². The number of nitro groups is 1. The third-order valence-electron chi connectivity index (χ3n) is 3.81. The molecule has 0 aromatic heterocycles. The molecular formula is C16H25NO3S. The molecule has 0 fully saturated rings.